The van der Waals surface area contributed by atoms with E-state index in [9.17, 15) is 18.0 Å². The molecule has 25 heavy (non-hydrogen) atoms. The van der Waals surface area contributed by atoms with Crippen LogP contribution in [-0.2, 0) is 10.0 Å². The van der Waals surface area contributed by atoms with Gasteiger partial charge in [0.05, 0.1) is 4.90 Å². The number of carbonyl (C=O) groups excluding carboxylic acids is 2. The normalized spacial score (nSPS) is 11.2. The molecule has 0 spiro atoms. The van der Waals surface area contributed by atoms with Crippen LogP contribution in [0.4, 0.5) is 0 Å². The molecule has 0 fully saturated rings. The highest BCUT2D eigenvalue weighted by molar-refractivity contribution is 7.89. The second-order valence-corrected chi connectivity index (χ2v) is 7.29. The summed E-state index contributed by atoms with van der Waals surface area (Å²) >= 11 is 0. The fourth-order valence-corrected chi connectivity index (χ4v) is 3.33. The number of hydrazine groups is 1. The van der Waals surface area contributed by atoms with Crippen molar-refractivity contribution < 1.29 is 18.0 Å². The van der Waals surface area contributed by atoms with E-state index in [1.807, 2.05) is 0 Å². The van der Waals surface area contributed by atoms with E-state index in [0.29, 0.717) is 5.56 Å². The van der Waals surface area contributed by atoms with Crippen LogP contribution in [0.25, 0.3) is 0 Å². The van der Waals surface area contributed by atoms with E-state index in [1.165, 1.54) is 24.3 Å². The summed E-state index contributed by atoms with van der Waals surface area (Å²) in [4.78, 5) is 24.0. The Bertz CT molecular complexity index is 864. The predicted molar refractivity (Wildman–Crippen MR) is 93.3 cm³/mol. The highest BCUT2D eigenvalue weighted by Crippen LogP contribution is 2.12. The fraction of sp³-hybridized carbons (Fsp3) is 0.176. The first kappa shape index (κ1) is 18.6. The topological polar surface area (TPSA) is 104 Å². The van der Waals surface area contributed by atoms with Crippen LogP contribution in [0.2, 0.25) is 0 Å². The summed E-state index contributed by atoms with van der Waals surface area (Å²) in [5.74, 6) is -1.09. The zero-order valence-corrected chi connectivity index (χ0v) is 14.6. The van der Waals surface area contributed by atoms with Gasteiger partial charge in [0.1, 0.15) is 0 Å². The lowest BCUT2D eigenvalue weighted by Crippen LogP contribution is -2.41. The van der Waals surface area contributed by atoms with Crippen LogP contribution in [0.3, 0.4) is 0 Å². The zero-order chi connectivity index (χ0) is 18.4. The molecule has 2 rings (SSSR count). The second kappa shape index (κ2) is 7.91. The van der Waals surface area contributed by atoms with Gasteiger partial charge >= 0.3 is 0 Å². The first-order valence-corrected chi connectivity index (χ1v) is 9.06. The lowest BCUT2D eigenvalue weighted by molar-refractivity contribution is 0.0846. The van der Waals surface area contributed by atoms with Gasteiger partial charge in [-0.05, 0) is 44.2 Å². The Balaban J connectivity index is 2.08. The molecular formula is C17H19N3O4S. The molecule has 0 aliphatic rings. The third-order valence-electron chi connectivity index (χ3n) is 3.12. The fourth-order valence-electron chi connectivity index (χ4n) is 2.03. The molecule has 8 heteroatoms. The number of nitrogens with one attached hydrogen (secondary N) is 3. The second-order valence-electron chi connectivity index (χ2n) is 5.58. The zero-order valence-electron chi connectivity index (χ0n) is 13.8. The van der Waals surface area contributed by atoms with Gasteiger partial charge in [0.15, 0.2) is 0 Å². The molecule has 0 aliphatic heterocycles. The van der Waals surface area contributed by atoms with Gasteiger partial charge in [-0.2, -0.15) is 0 Å². The van der Waals surface area contributed by atoms with Crippen molar-refractivity contribution in [3.05, 3.63) is 65.7 Å². The van der Waals surface area contributed by atoms with E-state index >= 15 is 0 Å². The molecule has 0 aromatic heterocycles. The summed E-state index contributed by atoms with van der Waals surface area (Å²) in [6.07, 6.45) is 0. The molecule has 0 atom stereocenters. The molecule has 0 aliphatic carbocycles. The van der Waals surface area contributed by atoms with Gasteiger partial charge in [0, 0.05) is 17.2 Å². The molecule has 0 saturated heterocycles. The molecule has 0 bridgehead atoms. The minimum absolute atomic E-state index is 0.0248. The number of benzene rings is 2. The minimum atomic E-state index is -3.71. The van der Waals surface area contributed by atoms with Crippen LogP contribution in [0.1, 0.15) is 34.6 Å². The summed E-state index contributed by atoms with van der Waals surface area (Å²) in [7, 11) is -3.71. The summed E-state index contributed by atoms with van der Waals surface area (Å²) in [5, 5.41) is 0. The van der Waals surface area contributed by atoms with E-state index in [0.717, 1.165) is 0 Å². The monoisotopic (exact) mass is 361 g/mol. The molecular weight excluding hydrogens is 342 g/mol. The van der Waals surface area contributed by atoms with Crippen molar-refractivity contribution in [1.29, 1.82) is 0 Å². The maximum Gasteiger partial charge on any atom is 0.269 e. The average Bonchev–Trinajstić information content (AvgIpc) is 2.59. The Kier molecular flexibility index (Phi) is 5.89. The Morgan fingerprint density at radius 1 is 0.840 bits per heavy atom. The molecule has 3 N–H and O–H groups in total. The summed E-state index contributed by atoms with van der Waals surface area (Å²) in [5.41, 5.74) is 5.05. The van der Waals surface area contributed by atoms with Crippen molar-refractivity contribution >= 4 is 21.8 Å². The molecule has 0 radical (unpaired) electrons. The molecule has 2 amide bonds. The number of hydrogen-bond donors (Lipinski definition) is 3. The highest BCUT2D eigenvalue weighted by Gasteiger charge is 2.17. The Morgan fingerprint density at radius 2 is 1.40 bits per heavy atom. The number of amides is 2. The van der Waals surface area contributed by atoms with Crippen LogP contribution < -0.4 is 15.6 Å². The predicted octanol–water partition coefficient (Wildman–Crippen LogP) is 1.45. The van der Waals surface area contributed by atoms with Crippen LogP contribution in [0.5, 0.6) is 0 Å². The number of rotatable bonds is 5. The first-order valence-electron chi connectivity index (χ1n) is 7.58. The smallest absolute Gasteiger partial charge is 0.267 e. The minimum Gasteiger partial charge on any atom is -0.267 e. The molecule has 2 aromatic carbocycles. The first-order chi connectivity index (χ1) is 11.8. The van der Waals surface area contributed by atoms with Gasteiger partial charge in [-0.3, -0.25) is 20.4 Å². The van der Waals surface area contributed by atoms with Crippen LogP contribution in [0.15, 0.2) is 59.5 Å². The van der Waals surface area contributed by atoms with E-state index in [2.05, 4.69) is 15.6 Å². The maximum absolute atomic E-state index is 12.2. The Labute approximate surface area is 146 Å². The maximum atomic E-state index is 12.2. The SMILES string of the molecule is CC(C)NS(=O)(=O)c1cccc(C(=O)NNC(=O)c2ccccc2)c1. The third-order valence-corrected chi connectivity index (χ3v) is 4.78. The van der Waals surface area contributed by atoms with Crippen molar-refractivity contribution in [2.45, 2.75) is 24.8 Å². The number of hydrogen-bond acceptors (Lipinski definition) is 4. The van der Waals surface area contributed by atoms with Crippen LogP contribution >= 0.6 is 0 Å². The van der Waals surface area contributed by atoms with Crippen molar-refractivity contribution in [2.24, 2.45) is 0 Å². The standard InChI is InChI=1S/C17H19N3O4S/c1-12(2)20-25(23,24)15-10-6-9-14(11-15)17(22)19-18-16(21)13-7-4-3-5-8-13/h3-12,20H,1-2H3,(H,18,21)(H,19,22). The van der Waals surface area contributed by atoms with Gasteiger partial charge < -0.3 is 0 Å². The van der Waals surface area contributed by atoms with Crippen LogP contribution in [0, 0.1) is 0 Å². The van der Waals surface area contributed by atoms with Crippen molar-refractivity contribution in [2.75, 3.05) is 0 Å². The lowest BCUT2D eigenvalue weighted by atomic mass is 10.2. The van der Waals surface area contributed by atoms with Gasteiger partial charge in [-0.1, -0.05) is 24.3 Å². The Morgan fingerprint density at radius 3 is 2.00 bits per heavy atom. The van der Waals surface area contributed by atoms with Gasteiger partial charge in [-0.25, -0.2) is 13.1 Å². The highest BCUT2D eigenvalue weighted by atomic mass is 32.2. The van der Waals surface area contributed by atoms with E-state index in [-0.39, 0.29) is 16.5 Å². The van der Waals surface area contributed by atoms with Gasteiger partial charge in [0.2, 0.25) is 10.0 Å². The largest absolute Gasteiger partial charge is 0.269 e. The lowest BCUT2D eigenvalue weighted by Gasteiger charge is -2.11. The number of carbonyl (C=O) groups is 2. The van der Waals surface area contributed by atoms with E-state index < -0.39 is 21.8 Å². The van der Waals surface area contributed by atoms with Crippen molar-refractivity contribution in [3.63, 3.8) is 0 Å². The summed E-state index contributed by atoms with van der Waals surface area (Å²) < 4.78 is 26.8. The Hall–Kier alpha value is -2.71. The van der Waals surface area contributed by atoms with Gasteiger partial charge in [-0.15, -0.1) is 0 Å². The quantitative estimate of drug-likeness (QED) is 0.701. The molecule has 0 saturated carbocycles. The van der Waals surface area contributed by atoms with E-state index in [4.69, 9.17) is 0 Å². The molecule has 2 aromatic rings. The molecule has 0 unspecified atom stereocenters. The molecule has 132 valence electrons. The molecule has 0 heterocycles. The van der Waals surface area contributed by atoms with E-state index in [1.54, 1.807) is 44.2 Å². The third kappa shape index (κ3) is 5.13. The molecule has 7 nitrogen and oxygen atoms in total. The average molecular weight is 361 g/mol. The van der Waals surface area contributed by atoms with Crippen molar-refractivity contribution in [3.8, 4) is 0 Å². The van der Waals surface area contributed by atoms with Gasteiger partial charge in [0.25, 0.3) is 11.8 Å². The summed E-state index contributed by atoms with van der Waals surface area (Å²) in [6.45, 7) is 3.40. The number of sulfonamides is 1. The van der Waals surface area contributed by atoms with Crippen LogP contribution in [-0.4, -0.2) is 26.3 Å². The summed E-state index contributed by atoms with van der Waals surface area (Å²) in [6, 6.07) is 13.7. The van der Waals surface area contributed by atoms with Crippen molar-refractivity contribution in [1.82, 2.24) is 15.6 Å².